The molecule has 18 heavy (non-hydrogen) atoms. The van der Waals surface area contributed by atoms with Gasteiger partial charge < -0.3 is 10.1 Å². The fourth-order valence-corrected chi connectivity index (χ4v) is 1.40. The zero-order valence-corrected chi connectivity index (χ0v) is 9.93. The summed E-state index contributed by atoms with van der Waals surface area (Å²) in [5.74, 6) is -0.877. The van der Waals surface area contributed by atoms with Crippen LogP contribution in [0.4, 0.5) is 11.4 Å². The van der Waals surface area contributed by atoms with Gasteiger partial charge >= 0.3 is 5.69 Å². The van der Waals surface area contributed by atoms with E-state index < -0.39 is 10.8 Å². The molecule has 1 aromatic carbocycles. The Labute approximate surface area is 103 Å². The lowest BCUT2D eigenvalue weighted by Gasteiger charge is -2.09. The van der Waals surface area contributed by atoms with Crippen LogP contribution in [0.1, 0.15) is 13.3 Å². The normalized spacial score (nSPS) is 9.67. The smallest absolute Gasteiger partial charge is 0.313 e. The standard InChI is InChI=1S/C11H12N2O5/c1-7(14)6-10(15)12-8-4-3-5-9(13(16)17)11(8)18-2/h3-5H,6H2,1-2H3,(H,12,15). The number of ketones is 1. The van der Waals surface area contributed by atoms with E-state index >= 15 is 0 Å². The molecule has 0 bridgehead atoms. The van der Waals surface area contributed by atoms with Crippen molar-refractivity contribution in [1.29, 1.82) is 0 Å². The van der Waals surface area contributed by atoms with E-state index in [-0.39, 0.29) is 29.3 Å². The van der Waals surface area contributed by atoms with E-state index in [9.17, 15) is 19.7 Å². The molecular formula is C11H12N2O5. The van der Waals surface area contributed by atoms with Crippen LogP contribution in [-0.2, 0) is 9.59 Å². The number of anilines is 1. The minimum Gasteiger partial charge on any atom is -0.489 e. The fraction of sp³-hybridized carbons (Fsp3) is 0.273. The molecule has 0 aliphatic heterocycles. The molecule has 0 unspecified atom stereocenters. The molecule has 0 aliphatic carbocycles. The zero-order valence-electron chi connectivity index (χ0n) is 9.93. The maximum absolute atomic E-state index is 11.4. The third kappa shape index (κ3) is 3.27. The van der Waals surface area contributed by atoms with Crippen LogP contribution in [0.15, 0.2) is 18.2 Å². The number of ether oxygens (including phenoxy) is 1. The Kier molecular flexibility index (Phi) is 4.36. The molecule has 1 rings (SSSR count). The number of Topliss-reactive ketones (excluding diaryl/α,β-unsaturated/α-hetero) is 1. The molecule has 1 N–H and O–H groups in total. The molecule has 0 radical (unpaired) electrons. The number of hydrogen-bond donors (Lipinski definition) is 1. The van der Waals surface area contributed by atoms with Gasteiger partial charge in [-0.1, -0.05) is 6.07 Å². The molecule has 96 valence electrons. The van der Waals surface area contributed by atoms with Crippen molar-refractivity contribution in [2.24, 2.45) is 0 Å². The molecule has 0 saturated carbocycles. The summed E-state index contributed by atoms with van der Waals surface area (Å²) in [4.78, 5) is 32.3. The number of carbonyl (C=O) groups is 2. The second-order valence-corrected chi connectivity index (χ2v) is 3.54. The summed E-state index contributed by atoms with van der Waals surface area (Å²) in [7, 11) is 1.27. The van der Waals surface area contributed by atoms with Crippen molar-refractivity contribution in [2.45, 2.75) is 13.3 Å². The fourth-order valence-electron chi connectivity index (χ4n) is 1.40. The predicted molar refractivity (Wildman–Crippen MR) is 63.6 cm³/mol. The number of rotatable bonds is 5. The Bertz CT molecular complexity index is 498. The highest BCUT2D eigenvalue weighted by molar-refractivity contribution is 6.04. The van der Waals surface area contributed by atoms with E-state index in [1.807, 2.05) is 0 Å². The van der Waals surface area contributed by atoms with Crippen LogP contribution >= 0.6 is 0 Å². The number of carbonyl (C=O) groups excluding carboxylic acids is 2. The SMILES string of the molecule is COc1c(NC(=O)CC(C)=O)cccc1[N+](=O)[O-]. The van der Waals surface area contributed by atoms with Crippen LogP contribution < -0.4 is 10.1 Å². The second kappa shape index (κ2) is 5.76. The molecule has 7 heteroatoms. The van der Waals surface area contributed by atoms with E-state index in [1.165, 1.54) is 32.2 Å². The molecule has 1 aromatic rings. The average molecular weight is 252 g/mol. The van der Waals surface area contributed by atoms with Crippen molar-refractivity contribution in [3.05, 3.63) is 28.3 Å². The first kappa shape index (κ1) is 13.6. The van der Waals surface area contributed by atoms with E-state index in [1.54, 1.807) is 0 Å². The molecule has 7 nitrogen and oxygen atoms in total. The summed E-state index contributed by atoms with van der Waals surface area (Å²) in [5.41, 5.74) is -0.0870. The van der Waals surface area contributed by atoms with E-state index in [0.29, 0.717) is 0 Å². The van der Waals surface area contributed by atoms with E-state index in [4.69, 9.17) is 4.74 Å². The Hall–Kier alpha value is -2.44. The van der Waals surface area contributed by atoms with E-state index in [0.717, 1.165) is 0 Å². The van der Waals surface area contributed by atoms with Gasteiger partial charge in [0.2, 0.25) is 11.7 Å². The quantitative estimate of drug-likeness (QED) is 0.486. The van der Waals surface area contributed by atoms with Crippen molar-refractivity contribution in [2.75, 3.05) is 12.4 Å². The minimum atomic E-state index is -0.612. The first-order valence-corrected chi connectivity index (χ1v) is 5.06. The number of nitrogens with zero attached hydrogens (tertiary/aromatic N) is 1. The summed E-state index contributed by atoms with van der Waals surface area (Å²) in [6.45, 7) is 1.28. The Morgan fingerprint density at radius 3 is 2.61 bits per heavy atom. The lowest BCUT2D eigenvalue weighted by Crippen LogP contribution is -2.15. The first-order valence-electron chi connectivity index (χ1n) is 5.06. The van der Waals surface area contributed by atoms with Crippen LogP contribution in [0.3, 0.4) is 0 Å². The number of amides is 1. The number of benzene rings is 1. The maximum atomic E-state index is 11.4. The van der Waals surface area contributed by atoms with Gasteiger partial charge in [0, 0.05) is 6.07 Å². The van der Waals surface area contributed by atoms with E-state index in [2.05, 4.69) is 5.32 Å². The van der Waals surface area contributed by atoms with Gasteiger partial charge in [0.1, 0.15) is 5.78 Å². The minimum absolute atomic E-state index is 0.0422. The highest BCUT2D eigenvalue weighted by Crippen LogP contribution is 2.34. The third-order valence-electron chi connectivity index (χ3n) is 2.08. The van der Waals surface area contributed by atoms with Crippen LogP contribution in [-0.4, -0.2) is 23.7 Å². The van der Waals surface area contributed by atoms with Crippen LogP contribution in [0.5, 0.6) is 5.75 Å². The van der Waals surface area contributed by atoms with Crippen molar-refractivity contribution in [3.63, 3.8) is 0 Å². The Balaban J connectivity index is 3.02. The van der Waals surface area contributed by atoms with Crippen molar-refractivity contribution in [1.82, 2.24) is 0 Å². The number of hydrogen-bond acceptors (Lipinski definition) is 5. The van der Waals surface area contributed by atoms with Gasteiger partial charge in [-0.25, -0.2) is 0 Å². The van der Waals surface area contributed by atoms with Gasteiger partial charge in [0.15, 0.2) is 0 Å². The molecule has 0 heterocycles. The van der Waals surface area contributed by atoms with Gasteiger partial charge in [-0.3, -0.25) is 19.7 Å². The van der Waals surface area contributed by atoms with Crippen LogP contribution in [0.2, 0.25) is 0 Å². The first-order chi connectivity index (χ1) is 8.45. The summed E-state index contributed by atoms with van der Waals surface area (Å²) >= 11 is 0. The Morgan fingerprint density at radius 1 is 1.44 bits per heavy atom. The van der Waals surface area contributed by atoms with Crippen molar-refractivity contribution in [3.8, 4) is 5.75 Å². The second-order valence-electron chi connectivity index (χ2n) is 3.54. The van der Waals surface area contributed by atoms with Crippen molar-refractivity contribution >= 4 is 23.1 Å². The molecule has 1 amide bonds. The van der Waals surface area contributed by atoms with Crippen LogP contribution in [0, 0.1) is 10.1 Å². The third-order valence-corrected chi connectivity index (χ3v) is 2.08. The maximum Gasteiger partial charge on any atom is 0.313 e. The Morgan fingerprint density at radius 2 is 2.11 bits per heavy atom. The number of nitro benzene ring substituents is 1. The van der Waals surface area contributed by atoms with Crippen LogP contribution in [0.25, 0.3) is 0 Å². The zero-order chi connectivity index (χ0) is 13.7. The summed E-state index contributed by atoms with van der Waals surface area (Å²) in [5, 5.41) is 13.2. The molecule has 0 atom stereocenters. The molecule has 0 aliphatic rings. The molecule has 0 aromatic heterocycles. The monoisotopic (exact) mass is 252 g/mol. The van der Waals surface area contributed by atoms with Gasteiger partial charge in [-0.05, 0) is 13.0 Å². The molecule has 0 fully saturated rings. The molecule has 0 saturated heterocycles. The molecular weight excluding hydrogens is 240 g/mol. The lowest BCUT2D eigenvalue weighted by atomic mass is 10.2. The predicted octanol–water partition coefficient (Wildman–Crippen LogP) is 1.52. The van der Waals surface area contributed by atoms with Gasteiger partial charge in [0.25, 0.3) is 0 Å². The number of nitro groups is 1. The topological polar surface area (TPSA) is 98.5 Å². The number of nitrogens with one attached hydrogen (secondary N) is 1. The summed E-state index contributed by atoms with van der Waals surface area (Å²) < 4.78 is 4.90. The number of methoxy groups -OCH3 is 1. The average Bonchev–Trinajstić information content (AvgIpc) is 2.27. The highest BCUT2D eigenvalue weighted by Gasteiger charge is 2.19. The summed E-state index contributed by atoms with van der Waals surface area (Å²) in [6.07, 6.45) is -0.286. The van der Waals surface area contributed by atoms with Gasteiger partial charge in [-0.2, -0.15) is 0 Å². The highest BCUT2D eigenvalue weighted by atomic mass is 16.6. The van der Waals surface area contributed by atoms with Crippen molar-refractivity contribution < 1.29 is 19.2 Å². The summed E-state index contributed by atoms with van der Waals surface area (Å²) in [6, 6.07) is 4.15. The largest absolute Gasteiger partial charge is 0.489 e. The number of para-hydroxylation sites is 1. The lowest BCUT2D eigenvalue weighted by molar-refractivity contribution is -0.385. The van der Waals surface area contributed by atoms with Gasteiger partial charge in [0.05, 0.1) is 24.1 Å². The van der Waals surface area contributed by atoms with Gasteiger partial charge in [-0.15, -0.1) is 0 Å². The molecule has 0 spiro atoms.